The Labute approximate surface area is 303 Å². The Morgan fingerprint density at radius 3 is 2.54 bits per heavy atom. The summed E-state index contributed by atoms with van der Waals surface area (Å²) >= 11 is 0. The molecule has 2 aromatic heterocycles. The van der Waals surface area contributed by atoms with Gasteiger partial charge in [-0.1, -0.05) is 25.1 Å². The highest BCUT2D eigenvalue weighted by Gasteiger charge is 2.45. The van der Waals surface area contributed by atoms with Crippen LogP contribution in [0.5, 0.6) is 11.8 Å². The second-order valence-corrected chi connectivity index (χ2v) is 15.0. The van der Waals surface area contributed by atoms with Crippen molar-refractivity contribution in [1.82, 2.24) is 25.2 Å². The first-order valence-electron chi connectivity index (χ1n) is 18.4. The van der Waals surface area contributed by atoms with E-state index in [1.54, 1.807) is 19.4 Å². The molecule has 4 atom stereocenters. The average molecular weight is 717 g/mol. The van der Waals surface area contributed by atoms with Crippen LogP contribution in [0.15, 0.2) is 36.5 Å². The summed E-state index contributed by atoms with van der Waals surface area (Å²) < 4.78 is 40.2. The average Bonchev–Trinajstić information content (AvgIpc) is 3.68. The van der Waals surface area contributed by atoms with E-state index >= 15 is 4.39 Å². The number of rotatable bonds is 11. The number of nitrogens with one attached hydrogen (secondary N) is 1. The number of benzene rings is 2. The van der Waals surface area contributed by atoms with Crippen LogP contribution in [0.3, 0.4) is 0 Å². The van der Waals surface area contributed by atoms with Gasteiger partial charge in [-0.2, -0.15) is 9.97 Å². The maximum Gasteiger partial charge on any atom is 0.410 e. The summed E-state index contributed by atoms with van der Waals surface area (Å²) in [5.74, 6) is 0.472. The van der Waals surface area contributed by atoms with Gasteiger partial charge in [0.1, 0.15) is 35.0 Å². The molecule has 2 N–H and O–H groups in total. The van der Waals surface area contributed by atoms with E-state index in [0.29, 0.717) is 48.6 Å². The van der Waals surface area contributed by atoms with E-state index in [-0.39, 0.29) is 60.9 Å². The molecule has 12 nitrogen and oxygen atoms in total. The fourth-order valence-corrected chi connectivity index (χ4v) is 7.97. The first kappa shape index (κ1) is 36.0. The smallest absolute Gasteiger partial charge is 0.410 e. The lowest BCUT2D eigenvalue weighted by molar-refractivity contribution is 0.0122. The lowest BCUT2D eigenvalue weighted by Crippen LogP contribution is -2.57. The predicted octanol–water partition coefficient (Wildman–Crippen LogP) is 6.00. The third-order valence-corrected chi connectivity index (χ3v) is 10.3. The quantitative estimate of drug-likeness (QED) is 0.177. The Hall–Kier alpha value is -4.33. The molecule has 3 aliphatic heterocycles. The fourth-order valence-electron chi connectivity index (χ4n) is 7.97. The molecule has 278 valence electrons. The Morgan fingerprint density at radius 2 is 1.83 bits per heavy atom. The summed E-state index contributed by atoms with van der Waals surface area (Å²) in [5.41, 5.74) is 1.30. The van der Waals surface area contributed by atoms with Crippen LogP contribution in [0, 0.1) is 5.82 Å². The first-order valence-corrected chi connectivity index (χ1v) is 18.4. The zero-order valence-electron chi connectivity index (χ0n) is 30.7. The molecule has 3 fully saturated rings. The number of ether oxygens (including phenoxy) is 4. The molecule has 4 aromatic rings. The largest absolute Gasteiger partial charge is 0.468 e. The number of carbonyl (C=O) groups is 1. The highest BCUT2D eigenvalue weighted by atomic mass is 19.1. The number of aryl methyl sites for hydroxylation is 1. The molecule has 3 saturated heterocycles. The summed E-state index contributed by atoms with van der Waals surface area (Å²) in [6.07, 6.45) is 6.25. The fraction of sp³-hybridized carbons (Fsp3) is 0.538. The van der Waals surface area contributed by atoms with Gasteiger partial charge in [-0.05, 0) is 87.8 Å². The summed E-state index contributed by atoms with van der Waals surface area (Å²) in [6.45, 7) is 9.15. The third-order valence-electron chi connectivity index (χ3n) is 10.3. The Morgan fingerprint density at radius 1 is 1.06 bits per heavy atom. The van der Waals surface area contributed by atoms with Gasteiger partial charge in [0.25, 0.3) is 0 Å². The normalized spacial score (nSPS) is 21.7. The number of anilines is 1. The van der Waals surface area contributed by atoms with Gasteiger partial charge in [0.05, 0.1) is 17.5 Å². The van der Waals surface area contributed by atoms with Crippen LogP contribution in [0.1, 0.15) is 65.4 Å². The molecular weight excluding hydrogens is 667 g/mol. The van der Waals surface area contributed by atoms with Crippen molar-refractivity contribution in [2.24, 2.45) is 0 Å². The van der Waals surface area contributed by atoms with Crippen molar-refractivity contribution in [3.63, 3.8) is 0 Å². The van der Waals surface area contributed by atoms with Crippen molar-refractivity contribution in [3.8, 4) is 23.0 Å². The van der Waals surface area contributed by atoms with Crippen molar-refractivity contribution in [1.29, 1.82) is 0 Å². The van der Waals surface area contributed by atoms with E-state index in [1.165, 1.54) is 0 Å². The van der Waals surface area contributed by atoms with Gasteiger partial charge in [0, 0.05) is 50.7 Å². The molecule has 2 aromatic carbocycles. The summed E-state index contributed by atoms with van der Waals surface area (Å²) in [4.78, 5) is 31.5. The molecule has 0 saturated carbocycles. The molecule has 7 rings (SSSR count). The van der Waals surface area contributed by atoms with Crippen LogP contribution in [0.4, 0.5) is 15.0 Å². The molecule has 2 bridgehead atoms. The topological polar surface area (TPSA) is 131 Å². The lowest BCUT2D eigenvalue weighted by Gasteiger charge is -2.42. The number of halogens is 1. The number of aliphatic hydroxyl groups is 1. The molecule has 52 heavy (non-hydrogen) atoms. The number of amides is 1. The van der Waals surface area contributed by atoms with Crippen LogP contribution in [-0.4, -0.2) is 101 Å². The lowest BCUT2D eigenvalue weighted by atomic mass is 9.95. The third kappa shape index (κ3) is 7.31. The Kier molecular flexibility index (Phi) is 10.4. The standard InChI is InChI=1S/C39H49FN6O6/c1-6-23-8-7-9-24-16-29(51-22-49-5)17-30(32(23)24)34-33(40)35-31(18-41-34)36(44-37(43-35)50-21-26-11-10-25(42-26)14-15-47)45-19-27-12-13-28(20-45)46(27)38(48)52-39(2,3)4/h7-9,16-18,25-28,42,47H,6,10-15,19-22H2,1-5H3/t25-,26-,27?,28?/m0/s1. The van der Waals surface area contributed by atoms with E-state index in [9.17, 15) is 9.90 Å². The molecule has 13 heteroatoms. The molecule has 0 radical (unpaired) electrons. The highest BCUT2D eigenvalue weighted by molar-refractivity contribution is 6.01. The van der Waals surface area contributed by atoms with Crippen molar-refractivity contribution < 1.29 is 33.2 Å². The van der Waals surface area contributed by atoms with Gasteiger partial charge in [0.15, 0.2) is 12.6 Å². The SMILES string of the molecule is CCc1cccc2cc(OCOC)cc(-c3ncc4c(N5CC6CCC(C5)N6C(=O)OC(C)(C)C)nc(OC[C@@H]5CC[C@@H](CCO)N5)nc4c3F)c12. The van der Waals surface area contributed by atoms with Gasteiger partial charge in [-0.15, -0.1) is 0 Å². The first-order chi connectivity index (χ1) is 25.1. The van der Waals surface area contributed by atoms with Crippen molar-refractivity contribution in [2.75, 3.05) is 45.1 Å². The molecule has 1 amide bonds. The molecule has 0 aliphatic carbocycles. The second kappa shape index (κ2) is 15.0. The number of nitrogens with zero attached hydrogens (tertiary/aromatic N) is 5. The van der Waals surface area contributed by atoms with Gasteiger partial charge >= 0.3 is 12.1 Å². The van der Waals surface area contributed by atoms with Crippen LogP contribution in [-0.2, 0) is 15.9 Å². The molecule has 3 aliphatic rings. The van der Waals surface area contributed by atoms with Crippen LogP contribution < -0.4 is 19.7 Å². The number of aliphatic hydroxyl groups excluding tert-OH is 1. The minimum atomic E-state index is -0.603. The molecule has 2 unspecified atom stereocenters. The number of pyridine rings is 1. The maximum absolute atomic E-state index is 17.2. The van der Waals surface area contributed by atoms with Crippen LogP contribution in [0.25, 0.3) is 32.9 Å². The van der Waals surface area contributed by atoms with Gasteiger partial charge < -0.3 is 34.3 Å². The number of carbonyl (C=O) groups excluding carboxylic acids is 1. The molecule has 5 heterocycles. The number of hydrogen-bond donors (Lipinski definition) is 2. The van der Waals surface area contributed by atoms with E-state index in [4.69, 9.17) is 28.9 Å². The zero-order chi connectivity index (χ0) is 36.6. The summed E-state index contributed by atoms with van der Waals surface area (Å²) in [7, 11) is 1.55. The molecule has 0 spiro atoms. The van der Waals surface area contributed by atoms with E-state index in [1.807, 2.05) is 49.9 Å². The minimum Gasteiger partial charge on any atom is -0.468 e. The number of hydrogen-bond acceptors (Lipinski definition) is 11. The van der Waals surface area contributed by atoms with Crippen LogP contribution >= 0.6 is 0 Å². The summed E-state index contributed by atoms with van der Waals surface area (Å²) in [5, 5.41) is 15.2. The van der Waals surface area contributed by atoms with E-state index < -0.39 is 11.4 Å². The highest BCUT2D eigenvalue weighted by Crippen LogP contribution is 2.40. The number of aromatic nitrogens is 3. The Bertz CT molecular complexity index is 1920. The Balaban J connectivity index is 1.30. The second-order valence-electron chi connectivity index (χ2n) is 15.0. The van der Waals surface area contributed by atoms with Crippen LogP contribution in [0.2, 0.25) is 0 Å². The number of fused-ring (bicyclic) bond motifs is 4. The van der Waals surface area contributed by atoms with Gasteiger partial charge in [-0.25, -0.2) is 9.18 Å². The number of methoxy groups -OCH3 is 1. The van der Waals surface area contributed by atoms with Crippen molar-refractivity contribution in [3.05, 3.63) is 47.9 Å². The van der Waals surface area contributed by atoms with E-state index in [0.717, 1.165) is 48.4 Å². The minimum absolute atomic E-state index is 0.0447. The number of piperazine rings is 1. The van der Waals surface area contributed by atoms with Crippen molar-refractivity contribution in [2.45, 2.75) is 96.0 Å². The summed E-state index contributed by atoms with van der Waals surface area (Å²) in [6, 6.07) is 9.92. The molecular formula is C39H49FN6O6. The van der Waals surface area contributed by atoms with Gasteiger partial charge in [-0.3, -0.25) is 9.88 Å². The zero-order valence-corrected chi connectivity index (χ0v) is 30.7. The monoisotopic (exact) mass is 716 g/mol. The van der Waals surface area contributed by atoms with Gasteiger partial charge in [0.2, 0.25) is 0 Å². The maximum atomic E-state index is 17.2. The van der Waals surface area contributed by atoms with E-state index in [2.05, 4.69) is 22.1 Å². The predicted molar refractivity (Wildman–Crippen MR) is 196 cm³/mol. The van der Waals surface area contributed by atoms with Crippen molar-refractivity contribution >= 4 is 33.6 Å².